The molecule has 1 aromatic rings. The number of benzene rings is 1. The molecule has 17 heavy (non-hydrogen) atoms. The van der Waals surface area contributed by atoms with Crippen LogP contribution in [0.25, 0.3) is 0 Å². The van der Waals surface area contributed by atoms with Crippen LogP contribution < -0.4 is 5.32 Å². The molecule has 2 bridgehead atoms. The quantitative estimate of drug-likeness (QED) is 0.834. The first-order chi connectivity index (χ1) is 8.33. The van der Waals surface area contributed by atoms with Crippen LogP contribution in [-0.2, 0) is 6.54 Å². The Morgan fingerprint density at radius 2 is 1.71 bits per heavy atom. The lowest BCUT2D eigenvalue weighted by Gasteiger charge is -2.10. The lowest BCUT2D eigenvalue weighted by atomic mass is 10.0. The summed E-state index contributed by atoms with van der Waals surface area (Å²) in [5.41, 5.74) is 1.28. The van der Waals surface area contributed by atoms with Crippen LogP contribution in [0.15, 0.2) is 24.3 Å². The van der Waals surface area contributed by atoms with Crippen molar-refractivity contribution < 1.29 is 5.11 Å². The summed E-state index contributed by atoms with van der Waals surface area (Å²) in [5, 5.41) is 12.9. The molecule has 0 aromatic heterocycles. The SMILES string of the molecule is Oc1ccc(CNC2C3C4CCC(C4)C23)cc1. The molecule has 2 nitrogen and oxygen atoms in total. The predicted molar refractivity (Wildman–Crippen MR) is 66.5 cm³/mol. The molecule has 0 saturated heterocycles. The van der Waals surface area contributed by atoms with Gasteiger partial charge in [-0.2, -0.15) is 0 Å². The van der Waals surface area contributed by atoms with Crippen molar-refractivity contribution in [2.75, 3.05) is 0 Å². The molecule has 3 aliphatic rings. The molecule has 1 aromatic carbocycles. The van der Waals surface area contributed by atoms with E-state index in [0.29, 0.717) is 5.75 Å². The molecule has 4 atom stereocenters. The minimum absolute atomic E-state index is 0.357. The lowest BCUT2D eigenvalue weighted by molar-refractivity contribution is 0.456. The van der Waals surface area contributed by atoms with Crippen LogP contribution in [0.2, 0.25) is 0 Å². The number of aromatic hydroxyl groups is 1. The molecule has 0 heterocycles. The van der Waals surface area contributed by atoms with Crippen molar-refractivity contribution in [3.8, 4) is 5.75 Å². The minimum atomic E-state index is 0.357. The van der Waals surface area contributed by atoms with E-state index in [4.69, 9.17) is 0 Å². The summed E-state index contributed by atoms with van der Waals surface area (Å²) in [5.74, 6) is 4.46. The first-order valence-electron chi connectivity index (χ1n) is 6.84. The number of fused-ring (bicyclic) bond motifs is 5. The maximum Gasteiger partial charge on any atom is 0.115 e. The zero-order valence-electron chi connectivity index (χ0n) is 9.97. The third-order valence-corrected chi connectivity index (χ3v) is 5.21. The molecule has 3 aliphatic carbocycles. The molecule has 3 saturated carbocycles. The van der Waals surface area contributed by atoms with Gasteiger partial charge in [-0.1, -0.05) is 12.1 Å². The average molecular weight is 229 g/mol. The van der Waals surface area contributed by atoms with Crippen molar-refractivity contribution >= 4 is 0 Å². The van der Waals surface area contributed by atoms with E-state index in [2.05, 4.69) is 5.32 Å². The maximum absolute atomic E-state index is 9.24. The average Bonchev–Trinajstić information content (AvgIpc) is 2.74. The standard InChI is InChI=1S/C15H19NO/c17-12-5-1-9(2-6-12)8-16-15-13-10-3-4-11(7-10)14(13)15/h1-2,5-6,10-11,13-17H,3-4,7-8H2. The third-order valence-electron chi connectivity index (χ3n) is 5.21. The first-order valence-corrected chi connectivity index (χ1v) is 6.84. The number of phenolic OH excluding ortho intramolecular Hbond substituents is 1. The number of phenols is 1. The number of hydrogen-bond donors (Lipinski definition) is 2. The summed E-state index contributed by atoms with van der Waals surface area (Å²) < 4.78 is 0. The van der Waals surface area contributed by atoms with Gasteiger partial charge in [-0.3, -0.25) is 0 Å². The zero-order valence-corrected chi connectivity index (χ0v) is 9.97. The van der Waals surface area contributed by atoms with Gasteiger partial charge in [0.05, 0.1) is 0 Å². The van der Waals surface area contributed by atoms with Crippen LogP contribution in [0.5, 0.6) is 5.75 Å². The topological polar surface area (TPSA) is 32.3 Å². The van der Waals surface area contributed by atoms with Crippen LogP contribution >= 0.6 is 0 Å². The Kier molecular flexibility index (Phi) is 2.04. The van der Waals surface area contributed by atoms with Crippen LogP contribution in [-0.4, -0.2) is 11.1 Å². The summed E-state index contributed by atoms with van der Waals surface area (Å²) in [7, 11) is 0. The maximum atomic E-state index is 9.24. The molecule has 2 N–H and O–H groups in total. The first kappa shape index (κ1) is 9.95. The van der Waals surface area contributed by atoms with Gasteiger partial charge in [-0.05, 0) is 60.6 Å². The van der Waals surface area contributed by atoms with E-state index < -0.39 is 0 Å². The van der Waals surface area contributed by atoms with Gasteiger partial charge in [-0.15, -0.1) is 0 Å². The molecule has 4 unspecified atom stereocenters. The van der Waals surface area contributed by atoms with E-state index in [-0.39, 0.29) is 0 Å². The molecule has 0 radical (unpaired) electrons. The van der Waals surface area contributed by atoms with Gasteiger partial charge >= 0.3 is 0 Å². The molecule has 3 fully saturated rings. The molecule has 90 valence electrons. The highest BCUT2D eigenvalue weighted by Crippen LogP contribution is 2.65. The second kappa shape index (κ2) is 3.49. The Morgan fingerprint density at radius 3 is 2.35 bits per heavy atom. The highest BCUT2D eigenvalue weighted by molar-refractivity contribution is 5.26. The predicted octanol–water partition coefficient (Wildman–Crippen LogP) is 2.53. The van der Waals surface area contributed by atoms with Crippen molar-refractivity contribution in [3.63, 3.8) is 0 Å². The van der Waals surface area contributed by atoms with Crippen molar-refractivity contribution in [2.45, 2.75) is 31.8 Å². The van der Waals surface area contributed by atoms with E-state index in [1.807, 2.05) is 12.1 Å². The summed E-state index contributed by atoms with van der Waals surface area (Å²) in [4.78, 5) is 0. The fourth-order valence-electron chi connectivity index (χ4n) is 4.45. The van der Waals surface area contributed by atoms with Crippen molar-refractivity contribution in [1.82, 2.24) is 5.32 Å². The number of nitrogens with one attached hydrogen (secondary N) is 1. The van der Waals surface area contributed by atoms with Crippen LogP contribution in [0.3, 0.4) is 0 Å². The van der Waals surface area contributed by atoms with Crippen LogP contribution in [0.4, 0.5) is 0 Å². The van der Waals surface area contributed by atoms with E-state index in [1.165, 1.54) is 24.8 Å². The normalized spacial score (nSPS) is 41.5. The highest BCUT2D eigenvalue weighted by Gasteiger charge is 2.64. The monoisotopic (exact) mass is 229 g/mol. The number of hydrogen-bond acceptors (Lipinski definition) is 2. The minimum Gasteiger partial charge on any atom is -0.508 e. The van der Waals surface area contributed by atoms with Gasteiger partial charge in [0, 0.05) is 12.6 Å². The largest absolute Gasteiger partial charge is 0.508 e. The van der Waals surface area contributed by atoms with Crippen molar-refractivity contribution in [2.24, 2.45) is 23.7 Å². The second-order valence-electron chi connectivity index (χ2n) is 6.06. The van der Waals surface area contributed by atoms with E-state index in [9.17, 15) is 5.11 Å². The van der Waals surface area contributed by atoms with Crippen molar-refractivity contribution in [3.05, 3.63) is 29.8 Å². The van der Waals surface area contributed by atoms with E-state index in [0.717, 1.165) is 36.3 Å². The fourth-order valence-corrected chi connectivity index (χ4v) is 4.45. The van der Waals surface area contributed by atoms with Gasteiger partial charge in [0.25, 0.3) is 0 Å². The smallest absolute Gasteiger partial charge is 0.115 e. The Hall–Kier alpha value is -1.02. The summed E-state index contributed by atoms with van der Waals surface area (Å²) in [6, 6.07) is 8.36. The Balaban J connectivity index is 1.37. The summed E-state index contributed by atoms with van der Waals surface area (Å²) >= 11 is 0. The molecule has 0 aliphatic heterocycles. The zero-order chi connectivity index (χ0) is 11.4. The Labute approximate surface area is 102 Å². The summed E-state index contributed by atoms with van der Waals surface area (Å²) in [6.07, 6.45) is 4.50. The molecule has 4 rings (SSSR count). The van der Waals surface area contributed by atoms with Crippen LogP contribution in [0.1, 0.15) is 24.8 Å². The van der Waals surface area contributed by atoms with Gasteiger partial charge in [0.15, 0.2) is 0 Å². The molecule has 0 amide bonds. The van der Waals surface area contributed by atoms with Gasteiger partial charge in [-0.25, -0.2) is 0 Å². The molecule has 0 spiro atoms. The summed E-state index contributed by atoms with van der Waals surface area (Å²) in [6.45, 7) is 0.956. The molecular weight excluding hydrogens is 210 g/mol. The molecular formula is C15H19NO. The van der Waals surface area contributed by atoms with Gasteiger partial charge in [0.1, 0.15) is 5.75 Å². The van der Waals surface area contributed by atoms with Crippen LogP contribution in [0, 0.1) is 23.7 Å². The molecule has 2 heteroatoms. The Morgan fingerprint density at radius 1 is 1.06 bits per heavy atom. The highest BCUT2D eigenvalue weighted by atomic mass is 16.3. The van der Waals surface area contributed by atoms with Gasteiger partial charge in [0.2, 0.25) is 0 Å². The van der Waals surface area contributed by atoms with Crippen molar-refractivity contribution in [1.29, 1.82) is 0 Å². The van der Waals surface area contributed by atoms with E-state index >= 15 is 0 Å². The second-order valence-corrected chi connectivity index (χ2v) is 6.06. The fraction of sp³-hybridized carbons (Fsp3) is 0.600. The van der Waals surface area contributed by atoms with E-state index in [1.54, 1.807) is 12.1 Å². The lowest BCUT2D eigenvalue weighted by Crippen LogP contribution is -2.22. The third kappa shape index (κ3) is 1.50. The Bertz CT molecular complexity index is 411. The van der Waals surface area contributed by atoms with Gasteiger partial charge < -0.3 is 10.4 Å². The number of rotatable bonds is 3.